The molecule has 0 radical (unpaired) electrons. The van der Waals surface area contributed by atoms with Gasteiger partial charge in [0.2, 0.25) is 5.88 Å². The first-order chi connectivity index (χ1) is 10.4. The zero-order chi connectivity index (χ0) is 16.3. The Morgan fingerprint density at radius 2 is 2.18 bits per heavy atom. The maximum Gasteiger partial charge on any atom is 0.267 e. The summed E-state index contributed by atoms with van der Waals surface area (Å²) in [5, 5.41) is 0.0963. The third kappa shape index (κ3) is 3.13. The van der Waals surface area contributed by atoms with Crippen LogP contribution in [0.3, 0.4) is 0 Å². The molecule has 1 aromatic carbocycles. The van der Waals surface area contributed by atoms with Crippen molar-refractivity contribution in [2.45, 2.75) is 4.90 Å². The lowest BCUT2D eigenvalue weighted by molar-refractivity contribution is 0.385. The summed E-state index contributed by atoms with van der Waals surface area (Å²) < 4.78 is 45.8. The molecule has 0 saturated heterocycles. The molecule has 8 heteroatoms. The molecule has 1 heterocycles. The zero-order valence-corrected chi connectivity index (χ0v) is 12.9. The first-order valence-electron chi connectivity index (χ1n) is 5.86. The van der Waals surface area contributed by atoms with E-state index in [1.807, 2.05) is 0 Å². The van der Waals surface area contributed by atoms with Crippen LogP contribution in [0, 0.1) is 18.2 Å². The van der Waals surface area contributed by atoms with Gasteiger partial charge in [0.15, 0.2) is 10.7 Å². The molecule has 2 aromatic rings. The molecule has 5 nitrogen and oxygen atoms in total. The highest BCUT2D eigenvalue weighted by Crippen LogP contribution is 2.27. The quantitative estimate of drug-likeness (QED) is 0.869. The van der Waals surface area contributed by atoms with Gasteiger partial charge in [-0.25, -0.2) is 17.8 Å². The molecule has 0 spiro atoms. The summed E-state index contributed by atoms with van der Waals surface area (Å²) in [5.41, 5.74) is -0.339. The summed E-state index contributed by atoms with van der Waals surface area (Å²) in [4.78, 5) is 3.45. The van der Waals surface area contributed by atoms with Gasteiger partial charge < -0.3 is 4.74 Å². The predicted octanol–water partition coefficient (Wildman–Crippen LogP) is 2.66. The minimum absolute atomic E-state index is 0.0589. The van der Waals surface area contributed by atoms with Crippen molar-refractivity contribution in [2.24, 2.45) is 0 Å². The number of rotatable bonds is 4. The third-order valence-electron chi connectivity index (χ3n) is 2.67. The molecule has 0 fully saturated rings. The normalized spacial score (nSPS) is 10.8. The van der Waals surface area contributed by atoms with Crippen molar-refractivity contribution in [1.29, 1.82) is 0 Å². The van der Waals surface area contributed by atoms with E-state index in [1.165, 1.54) is 31.5 Å². The van der Waals surface area contributed by atoms with E-state index >= 15 is 0 Å². The van der Waals surface area contributed by atoms with Gasteiger partial charge in [0.1, 0.15) is 0 Å². The summed E-state index contributed by atoms with van der Waals surface area (Å²) in [6.45, 7) is 0. The van der Waals surface area contributed by atoms with E-state index in [4.69, 9.17) is 22.8 Å². The molecule has 1 N–H and O–H groups in total. The molecule has 0 amide bonds. The zero-order valence-electron chi connectivity index (χ0n) is 11.3. The lowest BCUT2D eigenvalue weighted by atomic mass is 10.2. The van der Waals surface area contributed by atoms with Crippen LogP contribution in [0.1, 0.15) is 5.56 Å². The molecule has 0 saturated carbocycles. The number of methoxy groups -OCH3 is 1. The fourth-order valence-electron chi connectivity index (χ4n) is 1.68. The van der Waals surface area contributed by atoms with Crippen LogP contribution in [0.15, 0.2) is 35.4 Å². The van der Waals surface area contributed by atoms with E-state index in [1.54, 1.807) is 0 Å². The van der Waals surface area contributed by atoms with Gasteiger partial charge in [0.25, 0.3) is 10.0 Å². The van der Waals surface area contributed by atoms with Gasteiger partial charge in [-0.2, -0.15) is 0 Å². The van der Waals surface area contributed by atoms with Crippen molar-refractivity contribution in [1.82, 2.24) is 4.98 Å². The molecular weight excluding hydrogens is 331 g/mol. The van der Waals surface area contributed by atoms with Gasteiger partial charge in [-0.1, -0.05) is 23.6 Å². The fourth-order valence-corrected chi connectivity index (χ4v) is 3.10. The number of sulfonamides is 1. The van der Waals surface area contributed by atoms with Crippen molar-refractivity contribution in [3.05, 3.63) is 46.9 Å². The number of ether oxygens (including phenoxy) is 1. The van der Waals surface area contributed by atoms with Gasteiger partial charge in [-0.05, 0) is 18.2 Å². The van der Waals surface area contributed by atoms with Crippen molar-refractivity contribution < 1.29 is 17.5 Å². The predicted molar refractivity (Wildman–Crippen MR) is 80.9 cm³/mol. The van der Waals surface area contributed by atoms with Gasteiger partial charge >= 0.3 is 0 Å². The summed E-state index contributed by atoms with van der Waals surface area (Å²) >= 11 is 5.75. The van der Waals surface area contributed by atoms with E-state index in [9.17, 15) is 12.8 Å². The van der Waals surface area contributed by atoms with E-state index in [0.29, 0.717) is 0 Å². The molecule has 0 bridgehead atoms. The summed E-state index contributed by atoms with van der Waals surface area (Å²) in [6.07, 6.45) is 6.38. The molecule has 22 heavy (non-hydrogen) atoms. The second-order valence-electron chi connectivity index (χ2n) is 4.08. The van der Waals surface area contributed by atoms with E-state index in [2.05, 4.69) is 15.6 Å². The number of benzene rings is 1. The number of hydrogen-bond donors (Lipinski definition) is 1. The molecule has 2 rings (SSSR count). The average molecular weight is 341 g/mol. The molecule has 0 atom stereocenters. The number of nitrogens with zero attached hydrogens (tertiary/aromatic N) is 1. The Balaban J connectivity index is 2.50. The van der Waals surface area contributed by atoms with Crippen molar-refractivity contribution in [3.63, 3.8) is 0 Å². The lowest BCUT2D eigenvalue weighted by Crippen LogP contribution is -2.16. The number of terminal acetylenes is 1. The Morgan fingerprint density at radius 3 is 2.82 bits per heavy atom. The Morgan fingerprint density at radius 1 is 1.45 bits per heavy atom. The van der Waals surface area contributed by atoms with Crippen LogP contribution in [0.25, 0.3) is 0 Å². The van der Waals surface area contributed by atoms with Gasteiger partial charge in [0, 0.05) is 6.20 Å². The average Bonchev–Trinajstić information content (AvgIpc) is 2.49. The first kappa shape index (κ1) is 16.1. The SMILES string of the molecule is C#Cc1cccc(NS(=O)(=O)c2cc(Cl)cnc2OC)c1F. The van der Waals surface area contributed by atoms with E-state index in [0.717, 1.165) is 6.07 Å². The standard InChI is InChI=1S/C14H10ClFN2O3S/c1-3-9-5-4-6-11(13(9)16)18-22(19,20)12-7-10(15)8-17-14(12)21-2/h1,4-8,18H,2H3. The minimum atomic E-state index is -4.16. The minimum Gasteiger partial charge on any atom is -0.480 e. The maximum atomic E-state index is 14.0. The second kappa shape index (κ2) is 6.22. The van der Waals surface area contributed by atoms with Crippen LogP contribution in [-0.4, -0.2) is 20.5 Å². The molecule has 0 unspecified atom stereocenters. The highest BCUT2D eigenvalue weighted by Gasteiger charge is 2.23. The monoisotopic (exact) mass is 340 g/mol. The molecule has 0 aliphatic heterocycles. The number of hydrogen-bond acceptors (Lipinski definition) is 4. The smallest absolute Gasteiger partial charge is 0.267 e. The molecule has 1 aromatic heterocycles. The van der Waals surface area contributed by atoms with Crippen LogP contribution >= 0.6 is 11.6 Å². The first-order valence-corrected chi connectivity index (χ1v) is 7.72. The largest absolute Gasteiger partial charge is 0.480 e. The van der Waals surface area contributed by atoms with Crippen LogP contribution in [-0.2, 0) is 10.0 Å². The Hall–Kier alpha value is -2.30. The number of nitrogens with one attached hydrogen (secondary N) is 1. The van der Waals surface area contributed by atoms with E-state index < -0.39 is 15.8 Å². The maximum absolute atomic E-state index is 14.0. The Labute approximate surface area is 132 Å². The molecule has 114 valence electrons. The number of aromatic nitrogens is 1. The van der Waals surface area contributed by atoms with Crippen molar-refractivity contribution in [2.75, 3.05) is 11.8 Å². The Kier molecular flexibility index (Phi) is 4.54. The van der Waals surface area contributed by atoms with Gasteiger partial charge in [-0.15, -0.1) is 6.42 Å². The van der Waals surface area contributed by atoms with Crippen LogP contribution < -0.4 is 9.46 Å². The van der Waals surface area contributed by atoms with E-state index in [-0.39, 0.29) is 27.0 Å². The molecule has 0 aliphatic rings. The topological polar surface area (TPSA) is 68.3 Å². The lowest BCUT2D eigenvalue weighted by Gasteiger charge is -2.12. The summed E-state index contributed by atoms with van der Waals surface area (Å²) in [6, 6.07) is 5.19. The van der Waals surface area contributed by atoms with Crippen LogP contribution in [0.4, 0.5) is 10.1 Å². The molecular formula is C14H10ClFN2O3S. The van der Waals surface area contributed by atoms with Crippen LogP contribution in [0.5, 0.6) is 5.88 Å². The fraction of sp³-hybridized carbons (Fsp3) is 0.0714. The highest BCUT2D eigenvalue weighted by atomic mass is 35.5. The van der Waals surface area contributed by atoms with Crippen LogP contribution in [0.2, 0.25) is 5.02 Å². The second-order valence-corrected chi connectivity index (χ2v) is 6.17. The number of halogens is 2. The number of anilines is 1. The summed E-state index contributed by atoms with van der Waals surface area (Å²) in [7, 11) is -2.90. The highest BCUT2D eigenvalue weighted by molar-refractivity contribution is 7.92. The van der Waals surface area contributed by atoms with Crippen molar-refractivity contribution >= 4 is 27.3 Å². The van der Waals surface area contributed by atoms with Gasteiger partial charge in [0.05, 0.1) is 23.4 Å². The summed E-state index contributed by atoms with van der Waals surface area (Å²) in [5.74, 6) is 1.12. The molecule has 0 aliphatic carbocycles. The Bertz CT molecular complexity index is 863. The third-order valence-corrected chi connectivity index (χ3v) is 4.23. The number of pyridine rings is 1. The van der Waals surface area contributed by atoms with Gasteiger partial charge in [-0.3, -0.25) is 4.72 Å². The van der Waals surface area contributed by atoms with Crippen molar-refractivity contribution in [3.8, 4) is 18.2 Å².